The number of likely N-dealkylation sites (tertiary alicyclic amines) is 1. The molecule has 2 bridgehead atoms. The molecule has 1 aliphatic heterocycles. The van der Waals surface area contributed by atoms with Crippen molar-refractivity contribution in [3.05, 3.63) is 29.8 Å². The van der Waals surface area contributed by atoms with Gasteiger partial charge in [-0.1, -0.05) is 17.9 Å². The molecule has 2 N–H and O–H groups in total. The van der Waals surface area contributed by atoms with E-state index in [1.165, 1.54) is 25.8 Å². The van der Waals surface area contributed by atoms with Crippen LogP contribution in [0.3, 0.4) is 0 Å². The molecule has 2 unspecified atom stereocenters. The molecule has 3 heteroatoms. The summed E-state index contributed by atoms with van der Waals surface area (Å²) in [6.45, 7) is 3.47. The summed E-state index contributed by atoms with van der Waals surface area (Å²) in [4.78, 5) is 2.59. The first-order valence-corrected chi connectivity index (χ1v) is 7.51. The van der Waals surface area contributed by atoms with E-state index >= 15 is 0 Å². The third-order valence-electron chi connectivity index (χ3n) is 4.34. The SMILES string of the molecule is NCC#Cc1cccc(OCCN2CC3CCC2C3)c1. The van der Waals surface area contributed by atoms with Gasteiger partial charge in [0.15, 0.2) is 0 Å². The van der Waals surface area contributed by atoms with Gasteiger partial charge in [-0.25, -0.2) is 0 Å². The smallest absolute Gasteiger partial charge is 0.120 e. The molecule has 0 aromatic heterocycles. The Bertz CT molecular complexity index is 517. The van der Waals surface area contributed by atoms with E-state index in [1.54, 1.807) is 0 Å². The summed E-state index contributed by atoms with van der Waals surface area (Å²) in [6, 6.07) is 8.76. The van der Waals surface area contributed by atoms with E-state index in [2.05, 4.69) is 16.7 Å². The monoisotopic (exact) mass is 270 g/mol. The van der Waals surface area contributed by atoms with Gasteiger partial charge in [0.25, 0.3) is 0 Å². The van der Waals surface area contributed by atoms with E-state index in [0.29, 0.717) is 6.54 Å². The Kier molecular flexibility index (Phi) is 4.25. The lowest BCUT2D eigenvalue weighted by molar-refractivity contribution is 0.172. The highest BCUT2D eigenvalue weighted by atomic mass is 16.5. The van der Waals surface area contributed by atoms with Crippen molar-refractivity contribution < 1.29 is 4.74 Å². The number of hydrogen-bond acceptors (Lipinski definition) is 3. The molecule has 1 aromatic rings. The molecule has 2 aliphatic rings. The van der Waals surface area contributed by atoms with Crippen LogP contribution >= 0.6 is 0 Å². The van der Waals surface area contributed by atoms with Crippen molar-refractivity contribution in [1.82, 2.24) is 4.90 Å². The lowest BCUT2D eigenvalue weighted by Gasteiger charge is -2.26. The highest BCUT2D eigenvalue weighted by Crippen LogP contribution is 2.36. The van der Waals surface area contributed by atoms with Crippen molar-refractivity contribution >= 4 is 0 Å². The number of fused-ring (bicyclic) bond motifs is 2. The van der Waals surface area contributed by atoms with Crippen LogP contribution in [0.4, 0.5) is 0 Å². The van der Waals surface area contributed by atoms with Gasteiger partial charge in [0.05, 0.1) is 6.54 Å². The zero-order valence-corrected chi connectivity index (χ0v) is 11.8. The van der Waals surface area contributed by atoms with Gasteiger partial charge in [-0.3, -0.25) is 4.90 Å². The summed E-state index contributed by atoms with van der Waals surface area (Å²) in [5.41, 5.74) is 6.35. The first-order chi connectivity index (χ1) is 9.85. The van der Waals surface area contributed by atoms with Crippen LogP contribution in [0.2, 0.25) is 0 Å². The lowest BCUT2D eigenvalue weighted by atomic mass is 10.1. The van der Waals surface area contributed by atoms with Gasteiger partial charge >= 0.3 is 0 Å². The number of hydrogen-bond donors (Lipinski definition) is 1. The maximum atomic E-state index is 5.86. The van der Waals surface area contributed by atoms with Crippen molar-refractivity contribution in [3.8, 4) is 17.6 Å². The van der Waals surface area contributed by atoms with E-state index in [-0.39, 0.29) is 0 Å². The minimum atomic E-state index is 0.391. The Labute approximate surface area is 121 Å². The van der Waals surface area contributed by atoms with Gasteiger partial charge in [0.2, 0.25) is 0 Å². The molecule has 106 valence electrons. The largest absolute Gasteiger partial charge is 0.492 e. The Hall–Kier alpha value is -1.50. The van der Waals surface area contributed by atoms with Crippen LogP contribution in [-0.2, 0) is 0 Å². The Morgan fingerprint density at radius 2 is 2.30 bits per heavy atom. The average molecular weight is 270 g/mol. The van der Waals surface area contributed by atoms with Crippen LogP contribution < -0.4 is 10.5 Å². The fourth-order valence-corrected chi connectivity index (χ4v) is 3.40. The standard InChI is InChI=1S/C17H22N2O/c18-8-2-4-14-3-1-5-17(12-14)20-10-9-19-13-15-6-7-16(19)11-15/h1,3,5,12,15-16H,6-11,13,18H2. The number of piperidine rings is 1. The molecule has 0 spiro atoms. The molecule has 1 aromatic carbocycles. The molecule has 1 heterocycles. The number of nitrogens with zero attached hydrogens (tertiary/aromatic N) is 1. The maximum absolute atomic E-state index is 5.86. The summed E-state index contributed by atoms with van der Waals surface area (Å²) in [6.07, 6.45) is 4.23. The van der Waals surface area contributed by atoms with Crippen molar-refractivity contribution in [3.63, 3.8) is 0 Å². The van der Waals surface area contributed by atoms with Gasteiger partial charge in [-0.15, -0.1) is 0 Å². The van der Waals surface area contributed by atoms with Crippen LogP contribution in [0.15, 0.2) is 24.3 Å². The quantitative estimate of drug-likeness (QED) is 0.849. The predicted octanol–water partition coefficient (Wildman–Crippen LogP) is 1.86. The van der Waals surface area contributed by atoms with Gasteiger partial charge < -0.3 is 10.5 Å². The van der Waals surface area contributed by atoms with Crippen LogP contribution in [0.25, 0.3) is 0 Å². The highest BCUT2D eigenvalue weighted by molar-refractivity contribution is 5.39. The molecule has 0 radical (unpaired) electrons. The summed E-state index contributed by atoms with van der Waals surface area (Å²) >= 11 is 0. The van der Waals surface area contributed by atoms with Crippen molar-refractivity contribution in [2.45, 2.75) is 25.3 Å². The second kappa shape index (κ2) is 6.30. The Morgan fingerprint density at radius 3 is 3.05 bits per heavy atom. The minimum absolute atomic E-state index is 0.391. The van der Waals surface area contributed by atoms with Crippen LogP contribution in [0, 0.1) is 17.8 Å². The molecule has 1 saturated carbocycles. The van der Waals surface area contributed by atoms with E-state index in [9.17, 15) is 0 Å². The van der Waals surface area contributed by atoms with E-state index in [1.807, 2.05) is 24.3 Å². The fraction of sp³-hybridized carbons (Fsp3) is 0.529. The lowest BCUT2D eigenvalue weighted by Crippen LogP contribution is -2.35. The molecule has 0 amide bonds. The first-order valence-electron chi connectivity index (χ1n) is 7.51. The van der Waals surface area contributed by atoms with Gasteiger partial charge in [-0.05, 0) is 43.4 Å². The second-order valence-corrected chi connectivity index (χ2v) is 5.71. The molecular formula is C17H22N2O. The third-order valence-corrected chi connectivity index (χ3v) is 4.34. The number of ether oxygens (including phenoxy) is 1. The molecule has 2 fully saturated rings. The van der Waals surface area contributed by atoms with Crippen LogP contribution in [-0.4, -0.2) is 37.2 Å². The molecule has 1 aliphatic carbocycles. The van der Waals surface area contributed by atoms with Gasteiger partial charge in [0, 0.05) is 24.7 Å². The molecule has 20 heavy (non-hydrogen) atoms. The number of benzene rings is 1. The normalized spacial score (nSPS) is 24.4. The zero-order valence-electron chi connectivity index (χ0n) is 11.8. The number of nitrogens with two attached hydrogens (primary N) is 1. The minimum Gasteiger partial charge on any atom is -0.492 e. The summed E-state index contributed by atoms with van der Waals surface area (Å²) in [5, 5.41) is 0. The average Bonchev–Trinajstić information content (AvgIpc) is 3.08. The van der Waals surface area contributed by atoms with Crippen LogP contribution in [0.1, 0.15) is 24.8 Å². The summed E-state index contributed by atoms with van der Waals surface area (Å²) in [7, 11) is 0. The van der Waals surface area contributed by atoms with Gasteiger partial charge in [0.1, 0.15) is 12.4 Å². The van der Waals surface area contributed by atoms with E-state index in [0.717, 1.165) is 36.4 Å². The number of rotatable bonds is 4. The second-order valence-electron chi connectivity index (χ2n) is 5.71. The Balaban J connectivity index is 1.48. The zero-order chi connectivity index (χ0) is 13.8. The third kappa shape index (κ3) is 3.15. The summed E-state index contributed by atoms with van der Waals surface area (Å²) in [5.74, 6) is 7.75. The topological polar surface area (TPSA) is 38.5 Å². The molecule has 1 saturated heterocycles. The van der Waals surface area contributed by atoms with Crippen LogP contribution in [0.5, 0.6) is 5.75 Å². The fourth-order valence-electron chi connectivity index (χ4n) is 3.40. The molecule has 2 atom stereocenters. The molecule has 3 rings (SSSR count). The van der Waals surface area contributed by atoms with E-state index < -0.39 is 0 Å². The van der Waals surface area contributed by atoms with Crippen molar-refractivity contribution in [1.29, 1.82) is 0 Å². The maximum Gasteiger partial charge on any atom is 0.120 e. The van der Waals surface area contributed by atoms with Gasteiger partial charge in [-0.2, -0.15) is 0 Å². The predicted molar refractivity (Wildman–Crippen MR) is 80.6 cm³/mol. The summed E-state index contributed by atoms with van der Waals surface area (Å²) < 4.78 is 5.86. The van der Waals surface area contributed by atoms with E-state index in [4.69, 9.17) is 10.5 Å². The van der Waals surface area contributed by atoms with Crippen molar-refractivity contribution in [2.24, 2.45) is 11.7 Å². The first kappa shape index (κ1) is 13.5. The highest BCUT2D eigenvalue weighted by Gasteiger charge is 2.37. The molecular weight excluding hydrogens is 248 g/mol. The van der Waals surface area contributed by atoms with Crippen molar-refractivity contribution in [2.75, 3.05) is 26.2 Å². The Morgan fingerprint density at radius 1 is 1.35 bits per heavy atom. The molecule has 3 nitrogen and oxygen atoms in total.